The fraction of sp³-hybridized carbons (Fsp3) is 1.00. The molecule has 1 saturated heterocycles. The summed E-state index contributed by atoms with van der Waals surface area (Å²) in [5.74, 6) is -0.343. The molecule has 1 heterocycles. The second-order valence-corrected chi connectivity index (χ2v) is 6.42. The lowest BCUT2D eigenvalue weighted by atomic mass is 9.85. The van der Waals surface area contributed by atoms with Crippen LogP contribution in [0.25, 0.3) is 0 Å². The lowest BCUT2D eigenvalue weighted by Crippen LogP contribution is -2.57. The third kappa shape index (κ3) is 3.92. The molecule has 1 aliphatic heterocycles. The normalized spacial score (nSPS) is 29.7. The van der Waals surface area contributed by atoms with Gasteiger partial charge in [-0.2, -0.15) is 0 Å². The number of nitrogens with two attached hydrogens (primary N) is 1. The molecule has 0 radical (unpaired) electrons. The third-order valence-corrected chi connectivity index (χ3v) is 4.50. The van der Waals surface area contributed by atoms with E-state index in [0.29, 0.717) is 6.04 Å². The number of hydrogen-bond acceptors (Lipinski definition) is 5. The van der Waals surface area contributed by atoms with Crippen LogP contribution in [0.1, 0.15) is 32.6 Å². The summed E-state index contributed by atoms with van der Waals surface area (Å²) in [6.45, 7) is 6.92. The molecule has 5 nitrogen and oxygen atoms in total. The molecule has 2 N–H and O–H groups in total. The largest absolute Gasteiger partial charge is 0.347 e. The average molecular weight is 285 g/mol. The van der Waals surface area contributed by atoms with Crippen LogP contribution < -0.4 is 5.73 Å². The number of likely N-dealkylation sites (N-methyl/N-ethyl adjacent to an activating group) is 1. The Kier molecular flexibility index (Phi) is 5.81. The number of nitrogens with zero attached hydrogens (tertiary/aromatic N) is 2. The Bertz CT molecular complexity index is 293. The van der Waals surface area contributed by atoms with E-state index in [-0.39, 0.29) is 11.8 Å². The molecule has 0 aromatic rings. The van der Waals surface area contributed by atoms with Gasteiger partial charge in [-0.3, -0.25) is 4.90 Å². The minimum atomic E-state index is -0.343. The molecule has 1 spiro atoms. The molecule has 0 aromatic carbocycles. The molecule has 1 saturated carbocycles. The minimum absolute atomic E-state index is 0.238. The smallest absolute Gasteiger partial charge is 0.170 e. The van der Waals surface area contributed by atoms with E-state index >= 15 is 0 Å². The molecular weight excluding hydrogens is 254 g/mol. The van der Waals surface area contributed by atoms with Crippen LogP contribution in [0.5, 0.6) is 0 Å². The Morgan fingerprint density at radius 3 is 2.45 bits per heavy atom. The maximum Gasteiger partial charge on any atom is 0.170 e. The number of rotatable bonds is 6. The molecule has 0 aromatic heterocycles. The van der Waals surface area contributed by atoms with Crippen molar-refractivity contribution in [2.45, 2.75) is 50.5 Å². The van der Waals surface area contributed by atoms with E-state index in [1.807, 2.05) is 0 Å². The highest BCUT2D eigenvalue weighted by atomic mass is 16.7. The minimum Gasteiger partial charge on any atom is -0.347 e. The van der Waals surface area contributed by atoms with Crippen LogP contribution in [0.2, 0.25) is 0 Å². The first kappa shape index (κ1) is 16.2. The first-order valence-electron chi connectivity index (χ1n) is 7.98. The van der Waals surface area contributed by atoms with Crippen molar-refractivity contribution in [1.29, 1.82) is 0 Å². The fourth-order valence-electron chi connectivity index (χ4n) is 3.37. The van der Waals surface area contributed by atoms with Gasteiger partial charge in [0.1, 0.15) is 0 Å². The van der Waals surface area contributed by atoms with Crippen LogP contribution in [-0.2, 0) is 9.47 Å². The fourth-order valence-corrected chi connectivity index (χ4v) is 3.37. The van der Waals surface area contributed by atoms with Gasteiger partial charge in [0.05, 0.1) is 13.2 Å². The Labute approximate surface area is 123 Å². The predicted molar refractivity (Wildman–Crippen MR) is 80.7 cm³/mol. The van der Waals surface area contributed by atoms with Crippen LogP contribution in [0, 0.1) is 0 Å². The Morgan fingerprint density at radius 1 is 1.15 bits per heavy atom. The van der Waals surface area contributed by atoms with Crippen molar-refractivity contribution >= 4 is 0 Å². The summed E-state index contributed by atoms with van der Waals surface area (Å²) >= 11 is 0. The second kappa shape index (κ2) is 7.18. The lowest BCUT2D eigenvalue weighted by molar-refractivity contribution is -0.192. The van der Waals surface area contributed by atoms with Gasteiger partial charge in [-0.05, 0) is 33.5 Å². The zero-order valence-electron chi connectivity index (χ0n) is 13.3. The summed E-state index contributed by atoms with van der Waals surface area (Å²) in [6, 6.07) is 0.615. The van der Waals surface area contributed by atoms with Crippen molar-refractivity contribution < 1.29 is 9.47 Å². The highest BCUT2D eigenvalue weighted by molar-refractivity contribution is 4.95. The molecule has 0 bridgehead atoms. The molecular formula is C15H31N3O2. The molecule has 2 aliphatic rings. The molecule has 5 heteroatoms. The van der Waals surface area contributed by atoms with Gasteiger partial charge in [-0.15, -0.1) is 0 Å². The van der Waals surface area contributed by atoms with Crippen LogP contribution >= 0.6 is 0 Å². The Balaban J connectivity index is 2.00. The standard InChI is InChI=1S/C15H31N3O2/c1-4-7-18(9-8-17(2)3)14-12-15(6-5-13(14)16)19-10-11-20-15/h13-14H,4-12,16H2,1-3H3. The van der Waals surface area contributed by atoms with Gasteiger partial charge in [0, 0.05) is 38.0 Å². The van der Waals surface area contributed by atoms with Crippen LogP contribution in [0.15, 0.2) is 0 Å². The molecule has 20 heavy (non-hydrogen) atoms. The van der Waals surface area contributed by atoms with E-state index in [4.69, 9.17) is 15.2 Å². The van der Waals surface area contributed by atoms with Crippen molar-refractivity contribution in [3.63, 3.8) is 0 Å². The van der Waals surface area contributed by atoms with E-state index < -0.39 is 0 Å². The SMILES string of the molecule is CCCN(CCN(C)C)C1CC2(CCC1N)OCCO2. The first-order chi connectivity index (χ1) is 9.56. The Morgan fingerprint density at radius 2 is 1.85 bits per heavy atom. The van der Waals surface area contributed by atoms with Crippen LogP contribution in [0.3, 0.4) is 0 Å². The summed E-state index contributed by atoms with van der Waals surface area (Å²) in [6.07, 6.45) is 4.01. The highest BCUT2D eigenvalue weighted by Gasteiger charge is 2.45. The van der Waals surface area contributed by atoms with Crippen molar-refractivity contribution in [2.24, 2.45) is 5.73 Å². The molecule has 1 aliphatic carbocycles. The van der Waals surface area contributed by atoms with Gasteiger partial charge in [0.2, 0.25) is 0 Å². The van der Waals surface area contributed by atoms with E-state index in [0.717, 1.165) is 58.5 Å². The lowest BCUT2D eigenvalue weighted by Gasteiger charge is -2.45. The summed E-state index contributed by atoms with van der Waals surface area (Å²) in [7, 11) is 4.24. The second-order valence-electron chi connectivity index (χ2n) is 6.42. The molecule has 0 amide bonds. The number of ether oxygens (including phenoxy) is 2. The first-order valence-corrected chi connectivity index (χ1v) is 7.98. The predicted octanol–water partition coefficient (Wildman–Crippen LogP) is 0.883. The third-order valence-electron chi connectivity index (χ3n) is 4.50. The van der Waals surface area contributed by atoms with Crippen LogP contribution in [0.4, 0.5) is 0 Å². The zero-order chi connectivity index (χ0) is 14.6. The van der Waals surface area contributed by atoms with Gasteiger partial charge in [-0.25, -0.2) is 0 Å². The van der Waals surface area contributed by atoms with Gasteiger partial charge in [0.25, 0.3) is 0 Å². The average Bonchev–Trinajstić information content (AvgIpc) is 2.86. The summed E-state index contributed by atoms with van der Waals surface area (Å²) < 4.78 is 11.8. The van der Waals surface area contributed by atoms with E-state index in [1.54, 1.807) is 0 Å². The monoisotopic (exact) mass is 285 g/mol. The maximum atomic E-state index is 6.40. The van der Waals surface area contributed by atoms with E-state index in [1.165, 1.54) is 0 Å². The van der Waals surface area contributed by atoms with E-state index in [2.05, 4.69) is 30.8 Å². The topological polar surface area (TPSA) is 51.0 Å². The summed E-state index contributed by atoms with van der Waals surface area (Å²) in [4.78, 5) is 4.77. The van der Waals surface area contributed by atoms with Crippen molar-refractivity contribution in [2.75, 3.05) is 46.9 Å². The zero-order valence-corrected chi connectivity index (χ0v) is 13.3. The molecule has 2 rings (SSSR count). The van der Waals surface area contributed by atoms with E-state index in [9.17, 15) is 0 Å². The quantitative estimate of drug-likeness (QED) is 0.785. The van der Waals surface area contributed by atoms with Crippen molar-refractivity contribution in [1.82, 2.24) is 9.80 Å². The van der Waals surface area contributed by atoms with Crippen molar-refractivity contribution in [3.05, 3.63) is 0 Å². The van der Waals surface area contributed by atoms with Gasteiger partial charge in [-0.1, -0.05) is 6.92 Å². The molecule has 2 atom stereocenters. The number of hydrogen-bond donors (Lipinski definition) is 1. The summed E-state index contributed by atoms with van der Waals surface area (Å²) in [5, 5.41) is 0. The molecule has 2 unspecified atom stereocenters. The summed E-state index contributed by atoms with van der Waals surface area (Å²) in [5.41, 5.74) is 6.40. The maximum absolute atomic E-state index is 6.40. The molecule has 118 valence electrons. The highest BCUT2D eigenvalue weighted by Crippen LogP contribution is 2.37. The van der Waals surface area contributed by atoms with Crippen molar-refractivity contribution in [3.8, 4) is 0 Å². The molecule has 2 fully saturated rings. The van der Waals surface area contributed by atoms with Gasteiger partial charge >= 0.3 is 0 Å². The van der Waals surface area contributed by atoms with Gasteiger partial charge in [0.15, 0.2) is 5.79 Å². The Hall–Kier alpha value is -0.200. The van der Waals surface area contributed by atoms with Gasteiger partial charge < -0.3 is 20.1 Å². The van der Waals surface area contributed by atoms with Crippen LogP contribution in [-0.4, -0.2) is 74.6 Å².